The second-order valence-corrected chi connectivity index (χ2v) is 4.89. The number of hydrogen-bond donors (Lipinski definition) is 0. The van der Waals surface area contributed by atoms with Crippen molar-refractivity contribution in [1.82, 2.24) is 0 Å². The van der Waals surface area contributed by atoms with E-state index >= 15 is 0 Å². The van der Waals surface area contributed by atoms with Gasteiger partial charge in [0.25, 0.3) is 0 Å². The summed E-state index contributed by atoms with van der Waals surface area (Å²) in [6.45, 7) is 0. The SMILES string of the molecule is N#CCS(=O)(=O)c1cc(Cl)ccc1F. The van der Waals surface area contributed by atoms with E-state index < -0.39 is 26.3 Å². The second kappa shape index (κ2) is 3.95. The Kier molecular flexibility index (Phi) is 3.09. The lowest BCUT2D eigenvalue weighted by molar-refractivity contribution is 0.569. The Labute approximate surface area is 85.6 Å². The largest absolute Gasteiger partial charge is 0.223 e. The summed E-state index contributed by atoms with van der Waals surface area (Å²) in [6.07, 6.45) is 0. The molecule has 0 radical (unpaired) electrons. The highest BCUT2D eigenvalue weighted by Crippen LogP contribution is 2.20. The van der Waals surface area contributed by atoms with Crippen molar-refractivity contribution >= 4 is 21.4 Å². The van der Waals surface area contributed by atoms with Crippen molar-refractivity contribution in [2.45, 2.75) is 4.90 Å². The van der Waals surface area contributed by atoms with E-state index in [1.165, 1.54) is 12.1 Å². The number of rotatable bonds is 2. The van der Waals surface area contributed by atoms with Crippen molar-refractivity contribution in [3.05, 3.63) is 29.0 Å². The van der Waals surface area contributed by atoms with Crippen LogP contribution in [-0.4, -0.2) is 14.2 Å². The standard InChI is InChI=1S/C8H5ClFNO2S/c9-6-1-2-7(10)8(5-6)14(12,13)4-3-11/h1-2,5H,4H2. The Morgan fingerprint density at radius 3 is 2.71 bits per heavy atom. The molecule has 0 N–H and O–H groups in total. The van der Waals surface area contributed by atoms with Crippen LogP contribution in [0.5, 0.6) is 0 Å². The first kappa shape index (κ1) is 11.0. The molecule has 0 atom stereocenters. The van der Waals surface area contributed by atoms with Gasteiger partial charge in [-0.1, -0.05) is 11.6 Å². The monoisotopic (exact) mass is 233 g/mol. The topological polar surface area (TPSA) is 57.9 Å². The van der Waals surface area contributed by atoms with E-state index in [4.69, 9.17) is 16.9 Å². The molecule has 0 saturated carbocycles. The molecule has 3 nitrogen and oxygen atoms in total. The number of halogens is 2. The Morgan fingerprint density at radius 2 is 2.14 bits per heavy atom. The van der Waals surface area contributed by atoms with Crippen LogP contribution in [0.25, 0.3) is 0 Å². The number of benzene rings is 1. The number of nitriles is 1. The van der Waals surface area contributed by atoms with Gasteiger partial charge < -0.3 is 0 Å². The van der Waals surface area contributed by atoms with E-state index in [9.17, 15) is 12.8 Å². The van der Waals surface area contributed by atoms with Gasteiger partial charge in [0.2, 0.25) is 0 Å². The Hall–Kier alpha value is -1.12. The number of nitrogens with zero attached hydrogens (tertiary/aromatic N) is 1. The van der Waals surface area contributed by atoms with Crippen molar-refractivity contribution in [3.63, 3.8) is 0 Å². The molecule has 0 amide bonds. The Balaban J connectivity index is 3.33. The highest BCUT2D eigenvalue weighted by molar-refractivity contribution is 7.91. The van der Waals surface area contributed by atoms with Crippen LogP contribution >= 0.6 is 11.6 Å². The average Bonchev–Trinajstić information content (AvgIpc) is 2.09. The zero-order chi connectivity index (χ0) is 10.8. The smallest absolute Gasteiger partial charge is 0.194 e. The quantitative estimate of drug-likeness (QED) is 0.782. The van der Waals surface area contributed by atoms with E-state index in [1.807, 2.05) is 0 Å². The lowest BCUT2D eigenvalue weighted by Crippen LogP contribution is -2.07. The van der Waals surface area contributed by atoms with E-state index in [2.05, 4.69) is 0 Å². The average molecular weight is 234 g/mol. The molecule has 0 aliphatic carbocycles. The Bertz CT molecular complexity index is 493. The predicted molar refractivity (Wildman–Crippen MR) is 49.1 cm³/mol. The Morgan fingerprint density at radius 1 is 1.50 bits per heavy atom. The maximum Gasteiger partial charge on any atom is 0.194 e. The van der Waals surface area contributed by atoms with Crippen LogP contribution in [0.4, 0.5) is 4.39 Å². The molecule has 0 aliphatic rings. The summed E-state index contributed by atoms with van der Waals surface area (Å²) >= 11 is 5.51. The van der Waals surface area contributed by atoms with Crippen LogP contribution < -0.4 is 0 Å². The summed E-state index contributed by atoms with van der Waals surface area (Å²) in [6, 6.07) is 4.63. The molecule has 0 saturated heterocycles. The first-order chi connectivity index (χ1) is 6.47. The minimum atomic E-state index is -3.88. The summed E-state index contributed by atoms with van der Waals surface area (Å²) in [4.78, 5) is -0.536. The normalized spacial score (nSPS) is 10.9. The van der Waals surface area contributed by atoms with Crippen LogP contribution in [-0.2, 0) is 9.84 Å². The summed E-state index contributed by atoms with van der Waals surface area (Å²) in [5.74, 6) is -1.66. The third kappa shape index (κ3) is 2.22. The summed E-state index contributed by atoms with van der Waals surface area (Å²) in [7, 11) is -3.88. The van der Waals surface area contributed by atoms with Crippen molar-refractivity contribution < 1.29 is 12.8 Å². The molecule has 0 unspecified atom stereocenters. The molecule has 1 aromatic carbocycles. The van der Waals surface area contributed by atoms with Gasteiger partial charge in [-0.3, -0.25) is 0 Å². The van der Waals surface area contributed by atoms with Gasteiger partial charge in [-0.2, -0.15) is 5.26 Å². The molecule has 14 heavy (non-hydrogen) atoms. The fourth-order valence-electron chi connectivity index (χ4n) is 0.878. The summed E-state index contributed by atoms with van der Waals surface area (Å²) < 4.78 is 35.6. The maximum absolute atomic E-state index is 13.0. The molecular weight excluding hydrogens is 229 g/mol. The van der Waals surface area contributed by atoms with Crippen LogP contribution in [0.3, 0.4) is 0 Å². The summed E-state index contributed by atoms with van der Waals surface area (Å²) in [5.41, 5.74) is 0. The molecule has 0 bridgehead atoms. The zero-order valence-corrected chi connectivity index (χ0v) is 8.44. The first-order valence-corrected chi connectivity index (χ1v) is 5.55. The van der Waals surface area contributed by atoms with Gasteiger partial charge in [0.1, 0.15) is 16.5 Å². The van der Waals surface area contributed by atoms with Gasteiger partial charge in [-0.15, -0.1) is 0 Å². The molecule has 1 aromatic rings. The summed E-state index contributed by atoms with van der Waals surface area (Å²) in [5, 5.41) is 8.35. The third-order valence-electron chi connectivity index (χ3n) is 1.48. The maximum atomic E-state index is 13.0. The highest BCUT2D eigenvalue weighted by Gasteiger charge is 2.18. The zero-order valence-electron chi connectivity index (χ0n) is 6.87. The van der Waals surface area contributed by atoms with Crippen molar-refractivity contribution in [2.75, 3.05) is 5.75 Å². The molecule has 0 fully saturated rings. The molecule has 1 rings (SSSR count). The molecule has 74 valence electrons. The fraction of sp³-hybridized carbons (Fsp3) is 0.125. The van der Waals surface area contributed by atoms with Crippen LogP contribution in [0.2, 0.25) is 5.02 Å². The van der Waals surface area contributed by atoms with Gasteiger partial charge in [-0.05, 0) is 18.2 Å². The van der Waals surface area contributed by atoms with Crippen LogP contribution in [0, 0.1) is 17.1 Å². The van der Waals surface area contributed by atoms with Crippen molar-refractivity contribution in [1.29, 1.82) is 5.26 Å². The molecule has 6 heteroatoms. The lowest BCUT2D eigenvalue weighted by atomic mass is 10.3. The molecule has 0 aliphatic heterocycles. The fourth-order valence-corrected chi connectivity index (χ4v) is 2.11. The molecule has 0 heterocycles. The van der Waals surface area contributed by atoms with E-state index in [-0.39, 0.29) is 5.02 Å². The minimum absolute atomic E-state index is 0.114. The molecular formula is C8H5ClFNO2S. The van der Waals surface area contributed by atoms with E-state index in [0.717, 1.165) is 12.1 Å². The molecule has 0 aromatic heterocycles. The number of sulfone groups is 1. The first-order valence-electron chi connectivity index (χ1n) is 3.52. The van der Waals surface area contributed by atoms with Crippen molar-refractivity contribution in [3.8, 4) is 6.07 Å². The van der Waals surface area contributed by atoms with Crippen molar-refractivity contribution in [2.24, 2.45) is 0 Å². The van der Waals surface area contributed by atoms with E-state index in [1.54, 1.807) is 0 Å². The van der Waals surface area contributed by atoms with Crippen LogP contribution in [0.15, 0.2) is 23.1 Å². The minimum Gasteiger partial charge on any atom is -0.223 e. The van der Waals surface area contributed by atoms with Gasteiger partial charge >= 0.3 is 0 Å². The molecule has 0 spiro atoms. The van der Waals surface area contributed by atoms with E-state index in [0.29, 0.717) is 0 Å². The second-order valence-electron chi connectivity index (χ2n) is 2.49. The van der Waals surface area contributed by atoms with Gasteiger partial charge in [-0.25, -0.2) is 12.8 Å². The number of hydrogen-bond acceptors (Lipinski definition) is 3. The highest BCUT2D eigenvalue weighted by atomic mass is 35.5. The van der Waals surface area contributed by atoms with Gasteiger partial charge in [0.05, 0.1) is 6.07 Å². The lowest BCUT2D eigenvalue weighted by Gasteiger charge is -2.01. The third-order valence-corrected chi connectivity index (χ3v) is 3.21. The van der Waals surface area contributed by atoms with Gasteiger partial charge in [0.15, 0.2) is 9.84 Å². The van der Waals surface area contributed by atoms with Gasteiger partial charge in [0, 0.05) is 5.02 Å². The van der Waals surface area contributed by atoms with Crippen LogP contribution in [0.1, 0.15) is 0 Å². The predicted octanol–water partition coefficient (Wildman–Crippen LogP) is 1.78.